The van der Waals surface area contributed by atoms with E-state index in [0.29, 0.717) is 21.7 Å². The van der Waals surface area contributed by atoms with E-state index >= 15 is 0 Å². The fraction of sp³-hybridized carbons (Fsp3) is 0.0714. The molecule has 0 fully saturated rings. The molecule has 0 aliphatic rings. The van der Waals surface area contributed by atoms with Crippen molar-refractivity contribution in [2.45, 2.75) is 6.18 Å². The Labute approximate surface area is 127 Å². The van der Waals surface area contributed by atoms with Crippen LogP contribution in [0.2, 0.25) is 5.02 Å². The van der Waals surface area contributed by atoms with Crippen molar-refractivity contribution >= 4 is 34.9 Å². The van der Waals surface area contributed by atoms with Crippen molar-refractivity contribution in [3.63, 3.8) is 0 Å². The number of hydrogen-bond donors (Lipinski definition) is 1. The molecule has 0 aliphatic heterocycles. The highest BCUT2D eigenvalue weighted by Crippen LogP contribution is 2.32. The van der Waals surface area contributed by atoms with Gasteiger partial charge in [-0.2, -0.15) is 13.2 Å². The first-order valence-corrected chi connectivity index (χ1v) is 6.73. The maximum absolute atomic E-state index is 12.8. The zero-order valence-electron chi connectivity index (χ0n) is 10.4. The van der Waals surface area contributed by atoms with E-state index in [1.165, 1.54) is 10.6 Å². The summed E-state index contributed by atoms with van der Waals surface area (Å²) in [6, 6.07) is 10.1. The molecular formula is C14H8ClF3N2S. The van der Waals surface area contributed by atoms with Crippen LogP contribution in [0.25, 0.3) is 16.7 Å². The lowest BCUT2D eigenvalue weighted by Gasteiger charge is -2.10. The Balaban J connectivity index is 2.31. The summed E-state index contributed by atoms with van der Waals surface area (Å²) >= 11 is 11.3. The van der Waals surface area contributed by atoms with Gasteiger partial charge < -0.3 is 4.98 Å². The second-order valence-corrected chi connectivity index (χ2v) is 5.24. The van der Waals surface area contributed by atoms with Crippen molar-refractivity contribution < 1.29 is 13.2 Å². The average Bonchev–Trinajstić information content (AvgIpc) is 2.75. The minimum absolute atomic E-state index is 0.289. The molecule has 1 aromatic heterocycles. The first-order chi connectivity index (χ1) is 9.88. The van der Waals surface area contributed by atoms with E-state index in [-0.39, 0.29) is 4.77 Å². The Morgan fingerprint density at radius 1 is 1.10 bits per heavy atom. The van der Waals surface area contributed by atoms with Gasteiger partial charge >= 0.3 is 6.18 Å². The van der Waals surface area contributed by atoms with Crippen molar-refractivity contribution in [3.8, 4) is 5.69 Å². The number of nitrogens with zero attached hydrogens (tertiary/aromatic N) is 1. The van der Waals surface area contributed by atoms with Gasteiger partial charge in [-0.1, -0.05) is 23.7 Å². The lowest BCUT2D eigenvalue weighted by atomic mass is 10.2. The van der Waals surface area contributed by atoms with Gasteiger partial charge in [0.2, 0.25) is 0 Å². The van der Waals surface area contributed by atoms with Crippen LogP contribution in [0.3, 0.4) is 0 Å². The summed E-state index contributed by atoms with van der Waals surface area (Å²) in [5.74, 6) is 0. The molecule has 2 aromatic carbocycles. The monoisotopic (exact) mass is 328 g/mol. The molecule has 3 aromatic rings. The third-order valence-electron chi connectivity index (χ3n) is 3.09. The van der Waals surface area contributed by atoms with Crippen LogP contribution in [0.4, 0.5) is 13.2 Å². The van der Waals surface area contributed by atoms with Crippen molar-refractivity contribution in [2.75, 3.05) is 0 Å². The zero-order valence-corrected chi connectivity index (χ0v) is 12.0. The number of halogens is 4. The molecular weight excluding hydrogens is 321 g/mol. The molecule has 0 spiro atoms. The highest BCUT2D eigenvalue weighted by Gasteiger charge is 2.30. The van der Waals surface area contributed by atoms with Gasteiger partial charge in [0.1, 0.15) is 0 Å². The summed E-state index contributed by atoms with van der Waals surface area (Å²) in [6.45, 7) is 0. The maximum atomic E-state index is 12.8. The number of aromatic nitrogens is 2. The molecule has 21 heavy (non-hydrogen) atoms. The number of aromatic amines is 1. The molecule has 1 heterocycles. The number of benzene rings is 2. The van der Waals surface area contributed by atoms with Crippen LogP contribution >= 0.6 is 23.8 Å². The van der Waals surface area contributed by atoms with Crippen molar-refractivity contribution in [2.24, 2.45) is 0 Å². The van der Waals surface area contributed by atoms with Gasteiger partial charge in [-0.25, -0.2) is 0 Å². The van der Waals surface area contributed by atoms with Gasteiger partial charge in [-0.05, 0) is 42.5 Å². The molecule has 0 amide bonds. The standard InChI is InChI=1S/C14H8ClF3N2S/c15-10-5-2-6-11-12(10)20(13(21)19-11)9-4-1-3-8(7-9)14(16,17)18/h1-7H,(H,19,21). The Hall–Kier alpha value is -1.79. The molecule has 0 atom stereocenters. The third kappa shape index (κ3) is 2.45. The summed E-state index contributed by atoms with van der Waals surface area (Å²) < 4.78 is 40.3. The van der Waals surface area contributed by atoms with Gasteiger partial charge in [0.25, 0.3) is 0 Å². The molecule has 0 saturated carbocycles. The van der Waals surface area contributed by atoms with E-state index in [4.69, 9.17) is 23.8 Å². The predicted octanol–water partition coefficient (Wildman–Crippen LogP) is 5.36. The summed E-state index contributed by atoms with van der Waals surface area (Å²) in [4.78, 5) is 2.94. The van der Waals surface area contributed by atoms with Crippen molar-refractivity contribution in [1.29, 1.82) is 0 Å². The quantitative estimate of drug-likeness (QED) is 0.596. The third-order valence-corrected chi connectivity index (χ3v) is 3.68. The summed E-state index contributed by atoms with van der Waals surface area (Å²) in [6.07, 6.45) is -4.41. The van der Waals surface area contributed by atoms with Gasteiger partial charge in [-0.15, -0.1) is 0 Å². The number of fused-ring (bicyclic) bond motifs is 1. The lowest BCUT2D eigenvalue weighted by molar-refractivity contribution is -0.137. The SMILES string of the molecule is FC(F)(F)c1cccc(-n2c(=S)[nH]c3cccc(Cl)c32)c1. The first-order valence-electron chi connectivity index (χ1n) is 5.95. The number of hydrogen-bond acceptors (Lipinski definition) is 1. The number of alkyl halides is 3. The van der Waals surface area contributed by atoms with Crippen LogP contribution in [-0.2, 0) is 6.18 Å². The Morgan fingerprint density at radius 3 is 2.52 bits per heavy atom. The molecule has 7 heteroatoms. The van der Waals surface area contributed by atoms with Crippen LogP contribution in [0.5, 0.6) is 0 Å². The van der Waals surface area contributed by atoms with E-state index in [1.54, 1.807) is 24.3 Å². The highest BCUT2D eigenvalue weighted by molar-refractivity contribution is 7.71. The minimum atomic E-state index is -4.41. The van der Waals surface area contributed by atoms with Gasteiger partial charge in [0, 0.05) is 5.69 Å². The smallest absolute Gasteiger partial charge is 0.330 e. The Kier molecular flexibility index (Phi) is 3.30. The Morgan fingerprint density at radius 2 is 1.81 bits per heavy atom. The largest absolute Gasteiger partial charge is 0.416 e. The van der Waals surface area contributed by atoms with Gasteiger partial charge in [-0.3, -0.25) is 4.57 Å². The summed E-state index contributed by atoms with van der Waals surface area (Å²) in [5.41, 5.74) is 0.811. The van der Waals surface area contributed by atoms with E-state index in [2.05, 4.69) is 4.98 Å². The first kappa shape index (κ1) is 14.2. The number of rotatable bonds is 1. The molecule has 3 rings (SSSR count). The average molecular weight is 329 g/mol. The fourth-order valence-corrected chi connectivity index (χ4v) is 2.75. The Bertz CT molecular complexity index is 880. The molecule has 0 radical (unpaired) electrons. The van der Waals surface area contributed by atoms with Crippen molar-refractivity contribution in [3.05, 3.63) is 57.8 Å². The number of imidazole rings is 1. The minimum Gasteiger partial charge on any atom is -0.330 e. The summed E-state index contributed by atoms with van der Waals surface area (Å²) in [5, 5.41) is 0.414. The van der Waals surface area contributed by atoms with Crippen molar-refractivity contribution in [1.82, 2.24) is 9.55 Å². The zero-order chi connectivity index (χ0) is 15.2. The molecule has 1 N–H and O–H groups in total. The molecule has 0 bridgehead atoms. The van der Waals surface area contributed by atoms with Crippen LogP contribution in [0.1, 0.15) is 5.56 Å². The van der Waals surface area contributed by atoms with E-state index in [9.17, 15) is 13.2 Å². The molecule has 2 nitrogen and oxygen atoms in total. The van der Waals surface area contributed by atoms with Crippen LogP contribution in [0, 0.1) is 4.77 Å². The van der Waals surface area contributed by atoms with E-state index in [0.717, 1.165) is 12.1 Å². The van der Waals surface area contributed by atoms with E-state index in [1.807, 2.05) is 0 Å². The van der Waals surface area contributed by atoms with E-state index < -0.39 is 11.7 Å². The second kappa shape index (κ2) is 4.89. The maximum Gasteiger partial charge on any atom is 0.416 e. The highest BCUT2D eigenvalue weighted by atomic mass is 35.5. The number of nitrogens with one attached hydrogen (secondary N) is 1. The molecule has 0 aliphatic carbocycles. The molecule has 0 unspecified atom stereocenters. The van der Waals surface area contributed by atoms with Gasteiger partial charge in [0.15, 0.2) is 4.77 Å². The fourth-order valence-electron chi connectivity index (χ4n) is 2.18. The number of H-pyrrole nitrogens is 1. The normalized spacial score (nSPS) is 12.0. The van der Waals surface area contributed by atoms with Crippen LogP contribution in [0.15, 0.2) is 42.5 Å². The number of para-hydroxylation sites is 1. The van der Waals surface area contributed by atoms with Gasteiger partial charge in [0.05, 0.1) is 21.6 Å². The molecule has 0 saturated heterocycles. The van der Waals surface area contributed by atoms with Crippen LogP contribution < -0.4 is 0 Å². The lowest BCUT2D eigenvalue weighted by Crippen LogP contribution is -2.06. The van der Waals surface area contributed by atoms with Crippen LogP contribution in [-0.4, -0.2) is 9.55 Å². The molecule has 108 valence electrons. The predicted molar refractivity (Wildman–Crippen MR) is 78.5 cm³/mol. The topological polar surface area (TPSA) is 20.7 Å². The summed E-state index contributed by atoms with van der Waals surface area (Å²) in [7, 11) is 0. The second-order valence-electron chi connectivity index (χ2n) is 4.45.